The zero-order valence-electron chi connectivity index (χ0n) is 16.1. The van der Waals surface area contributed by atoms with E-state index in [1.165, 1.54) is 5.52 Å². The highest BCUT2D eigenvalue weighted by atomic mass is 16.1. The predicted molar refractivity (Wildman–Crippen MR) is 106 cm³/mol. The van der Waals surface area contributed by atoms with E-state index in [9.17, 15) is 4.79 Å². The van der Waals surface area contributed by atoms with Crippen LogP contribution in [0.15, 0.2) is 24.3 Å². The molecule has 0 saturated heterocycles. The Kier molecular flexibility index (Phi) is 4.97. The lowest BCUT2D eigenvalue weighted by Gasteiger charge is -2.12. The van der Waals surface area contributed by atoms with Crippen LogP contribution in [0.5, 0.6) is 0 Å². The number of aryl methyl sites for hydroxylation is 2. The summed E-state index contributed by atoms with van der Waals surface area (Å²) in [6.07, 6.45) is 4.77. The second-order valence-electron chi connectivity index (χ2n) is 7.76. The van der Waals surface area contributed by atoms with Crippen LogP contribution >= 0.6 is 0 Å². The normalized spacial score (nSPS) is 13.4. The molecule has 1 aliphatic carbocycles. The number of hydrogen-bond acceptors (Lipinski definition) is 3. The van der Waals surface area contributed by atoms with Gasteiger partial charge >= 0.3 is 0 Å². The number of fused-ring (bicyclic) bond motifs is 2. The molecular formula is C21H27N5O. The minimum atomic E-state index is -0.0647. The van der Waals surface area contributed by atoms with Crippen molar-refractivity contribution in [3.05, 3.63) is 47.0 Å². The van der Waals surface area contributed by atoms with Crippen LogP contribution in [-0.2, 0) is 25.8 Å². The second-order valence-corrected chi connectivity index (χ2v) is 7.76. The highest BCUT2D eigenvalue weighted by Gasteiger charge is 2.22. The molecule has 0 atom stereocenters. The number of hydrogen-bond donors (Lipinski definition) is 2. The van der Waals surface area contributed by atoms with Crippen molar-refractivity contribution in [1.29, 1.82) is 0 Å². The zero-order chi connectivity index (χ0) is 18.8. The first-order chi connectivity index (χ1) is 13.1. The maximum absolute atomic E-state index is 12.4. The Hall–Kier alpha value is -2.63. The predicted octanol–water partition coefficient (Wildman–Crippen LogP) is 3.27. The molecule has 1 aliphatic rings. The second kappa shape index (κ2) is 7.55. The number of carbonyl (C=O) groups is 1. The van der Waals surface area contributed by atoms with Crippen molar-refractivity contribution in [3.63, 3.8) is 0 Å². The van der Waals surface area contributed by atoms with Gasteiger partial charge in [-0.25, -0.2) is 4.98 Å². The Morgan fingerprint density at radius 2 is 2.15 bits per heavy atom. The summed E-state index contributed by atoms with van der Waals surface area (Å²) in [6.45, 7) is 6.04. The number of rotatable bonds is 7. The SMILES string of the molecule is CC(C)Cn1c(CCCNC(=O)c2n[nH]c3c2CCC3)nc2ccccc21. The summed E-state index contributed by atoms with van der Waals surface area (Å²) in [6, 6.07) is 8.29. The average molecular weight is 365 g/mol. The van der Waals surface area contributed by atoms with Gasteiger partial charge in [0.1, 0.15) is 5.82 Å². The molecule has 0 spiro atoms. The molecule has 3 aromatic rings. The first-order valence-corrected chi connectivity index (χ1v) is 9.92. The molecule has 142 valence electrons. The van der Waals surface area contributed by atoms with Crippen LogP contribution in [0.1, 0.15) is 54.3 Å². The van der Waals surface area contributed by atoms with Gasteiger partial charge in [-0.3, -0.25) is 9.89 Å². The van der Waals surface area contributed by atoms with Gasteiger partial charge in [0.2, 0.25) is 0 Å². The summed E-state index contributed by atoms with van der Waals surface area (Å²) in [5, 5.41) is 10.2. The van der Waals surface area contributed by atoms with E-state index in [0.717, 1.165) is 61.2 Å². The lowest BCUT2D eigenvalue weighted by atomic mass is 10.2. The van der Waals surface area contributed by atoms with E-state index in [2.05, 4.69) is 52.1 Å². The Morgan fingerprint density at radius 1 is 1.30 bits per heavy atom. The summed E-state index contributed by atoms with van der Waals surface area (Å²) in [5.41, 5.74) is 5.05. The van der Waals surface area contributed by atoms with Gasteiger partial charge in [0.05, 0.1) is 11.0 Å². The van der Waals surface area contributed by atoms with E-state index in [0.29, 0.717) is 18.2 Å². The number of imidazole rings is 1. The first-order valence-electron chi connectivity index (χ1n) is 9.92. The standard InChI is InChI=1S/C21H27N5O/c1-14(2)13-26-18-10-4-3-8-17(18)23-19(26)11-6-12-22-21(27)20-15-7-5-9-16(15)24-25-20/h3-4,8,10,14H,5-7,9,11-13H2,1-2H3,(H,22,27)(H,24,25). The van der Waals surface area contributed by atoms with Crippen LogP contribution < -0.4 is 5.32 Å². The van der Waals surface area contributed by atoms with Gasteiger partial charge in [0, 0.05) is 30.8 Å². The molecule has 1 amide bonds. The van der Waals surface area contributed by atoms with E-state index in [4.69, 9.17) is 4.98 Å². The highest BCUT2D eigenvalue weighted by molar-refractivity contribution is 5.94. The van der Waals surface area contributed by atoms with Gasteiger partial charge < -0.3 is 9.88 Å². The van der Waals surface area contributed by atoms with Crippen LogP contribution in [0, 0.1) is 5.92 Å². The fourth-order valence-corrected chi connectivity index (χ4v) is 3.92. The van der Waals surface area contributed by atoms with Crippen molar-refractivity contribution >= 4 is 16.9 Å². The number of aromatic amines is 1. The van der Waals surface area contributed by atoms with Crippen molar-refractivity contribution < 1.29 is 4.79 Å². The number of benzene rings is 1. The van der Waals surface area contributed by atoms with E-state index < -0.39 is 0 Å². The van der Waals surface area contributed by atoms with Crippen molar-refractivity contribution in [1.82, 2.24) is 25.1 Å². The maximum atomic E-state index is 12.4. The van der Waals surface area contributed by atoms with Gasteiger partial charge in [-0.2, -0.15) is 5.10 Å². The van der Waals surface area contributed by atoms with E-state index in [1.807, 2.05) is 6.07 Å². The Labute approximate surface area is 159 Å². The minimum absolute atomic E-state index is 0.0647. The Bertz CT molecular complexity index is 953. The molecule has 0 bridgehead atoms. The molecule has 2 N–H and O–H groups in total. The molecule has 0 saturated carbocycles. The number of amides is 1. The highest BCUT2D eigenvalue weighted by Crippen LogP contribution is 2.22. The summed E-state index contributed by atoms with van der Waals surface area (Å²) in [7, 11) is 0. The van der Waals surface area contributed by atoms with Crippen LogP contribution in [0.3, 0.4) is 0 Å². The van der Waals surface area contributed by atoms with Gasteiger partial charge in [0.25, 0.3) is 5.91 Å². The third kappa shape index (κ3) is 3.61. The Morgan fingerprint density at radius 3 is 3.00 bits per heavy atom. The average Bonchev–Trinajstić information content (AvgIpc) is 3.33. The van der Waals surface area contributed by atoms with E-state index in [1.54, 1.807) is 0 Å². The smallest absolute Gasteiger partial charge is 0.272 e. The number of nitrogens with zero attached hydrogens (tertiary/aromatic N) is 3. The lowest BCUT2D eigenvalue weighted by molar-refractivity contribution is 0.0947. The topological polar surface area (TPSA) is 75.6 Å². The molecule has 4 rings (SSSR count). The van der Waals surface area contributed by atoms with Crippen LogP contribution in [0.4, 0.5) is 0 Å². The third-order valence-electron chi connectivity index (χ3n) is 5.17. The molecule has 1 aromatic carbocycles. The first kappa shape index (κ1) is 17.8. The van der Waals surface area contributed by atoms with Crippen molar-refractivity contribution in [3.8, 4) is 0 Å². The number of carbonyl (C=O) groups excluding carboxylic acids is 1. The third-order valence-corrected chi connectivity index (χ3v) is 5.17. The van der Waals surface area contributed by atoms with Crippen LogP contribution in [0.25, 0.3) is 11.0 Å². The lowest BCUT2D eigenvalue weighted by Crippen LogP contribution is -2.26. The molecule has 0 aliphatic heterocycles. The van der Waals surface area contributed by atoms with Gasteiger partial charge in [-0.05, 0) is 43.7 Å². The fourth-order valence-electron chi connectivity index (χ4n) is 3.92. The summed E-state index contributed by atoms with van der Waals surface area (Å²) in [5.74, 6) is 1.59. The van der Waals surface area contributed by atoms with E-state index >= 15 is 0 Å². The molecule has 0 radical (unpaired) electrons. The van der Waals surface area contributed by atoms with Crippen LogP contribution in [0.2, 0.25) is 0 Å². The molecule has 0 unspecified atom stereocenters. The van der Waals surface area contributed by atoms with Crippen molar-refractivity contribution in [2.24, 2.45) is 5.92 Å². The van der Waals surface area contributed by atoms with Gasteiger partial charge in [-0.15, -0.1) is 0 Å². The Balaban J connectivity index is 1.38. The summed E-state index contributed by atoms with van der Waals surface area (Å²) >= 11 is 0. The number of para-hydroxylation sites is 2. The number of nitrogens with one attached hydrogen (secondary N) is 2. The molecular weight excluding hydrogens is 338 g/mol. The molecule has 27 heavy (non-hydrogen) atoms. The molecule has 0 fully saturated rings. The van der Waals surface area contributed by atoms with E-state index in [-0.39, 0.29) is 5.91 Å². The largest absolute Gasteiger partial charge is 0.351 e. The summed E-state index contributed by atoms with van der Waals surface area (Å²) < 4.78 is 2.32. The van der Waals surface area contributed by atoms with Gasteiger partial charge in [-0.1, -0.05) is 26.0 Å². The molecule has 2 heterocycles. The quantitative estimate of drug-likeness (QED) is 0.631. The minimum Gasteiger partial charge on any atom is -0.351 e. The molecule has 2 aromatic heterocycles. The van der Waals surface area contributed by atoms with Crippen molar-refractivity contribution in [2.45, 2.75) is 52.5 Å². The van der Waals surface area contributed by atoms with Crippen LogP contribution in [-0.4, -0.2) is 32.2 Å². The molecule has 6 nitrogen and oxygen atoms in total. The monoisotopic (exact) mass is 365 g/mol. The number of H-pyrrole nitrogens is 1. The zero-order valence-corrected chi connectivity index (χ0v) is 16.1. The molecule has 6 heteroatoms. The summed E-state index contributed by atoms with van der Waals surface area (Å²) in [4.78, 5) is 17.2. The number of aromatic nitrogens is 4. The maximum Gasteiger partial charge on any atom is 0.272 e. The fraction of sp³-hybridized carbons (Fsp3) is 0.476. The van der Waals surface area contributed by atoms with Crippen molar-refractivity contribution in [2.75, 3.05) is 6.54 Å². The van der Waals surface area contributed by atoms with Gasteiger partial charge in [0.15, 0.2) is 5.69 Å².